The van der Waals surface area contributed by atoms with Gasteiger partial charge in [0.15, 0.2) is 0 Å². The molecule has 0 aliphatic heterocycles. The van der Waals surface area contributed by atoms with Crippen molar-refractivity contribution in [3.8, 4) is 0 Å². The zero-order valence-corrected chi connectivity index (χ0v) is 28.4. The summed E-state index contributed by atoms with van der Waals surface area (Å²) in [6.45, 7) is 0.601. The Bertz CT molecular complexity index is 1610. The van der Waals surface area contributed by atoms with Crippen LogP contribution in [0, 0.1) is 5.41 Å². The average molecular weight is 680 g/mol. The number of pyridine rings is 1. The number of nitrogens with two attached hydrogens (primary N) is 1. The van der Waals surface area contributed by atoms with E-state index in [9.17, 15) is 14.4 Å². The van der Waals surface area contributed by atoms with Gasteiger partial charge in [-0.05, 0) is 66.5 Å². The molecule has 3 aromatic rings. The van der Waals surface area contributed by atoms with Crippen molar-refractivity contribution in [2.45, 2.75) is 62.9 Å². The molecule has 11 heteroatoms. The third-order valence-electron chi connectivity index (χ3n) is 7.90. The molecule has 1 heterocycles. The molecule has 4 rings (SSSR count). The van der Waals surface area contributed by atoms with Gasteiger partial charge in [0.1, 0.15) is 11.9 Å². The van der Waals surface area contributed by atoms with Crippen LogP contribution in [0.4, 0.5) is 0 Å². The number of nitrogens with zero attached hydrogens (tertiary/aromatic N) is 1. The molecular weight excluding hydrogens is 635 g/mol. The van der Waals surface area contributed by atoms with Crippen LogP contribution in [0.1, 0.15) is 54.4 Å². The minimum absolute atomic E-state index is 0.0376. The average Bonchev–Trinajstić information content (AvgIpc) is 3.11. The standard InChI is InChI=1S/C38H45N7O3S/c39-36(40)32-16-13-30(14-17-32)26-43-37(47)33(19-20-35(46)42-25-29-9-5-2-1-3-6-10-29)44-38(48)34(18-15-28-21-23-41-24-22-28)45-49-27-31-11-7-4-8-12-31/h1-2,4,6-14,16-17,21-24,33-34,45H,3,5,15,18-20,25-27H2,(H3,39,40)(H,42,46)(H,43,47)(H,44,48)/b2-1-,10-6?,29-9+. The summed E-state index contributed by atoms with van der Waals surface area (Å²) in [5, 5.41) is 16.4. The molecule has 1 aliphatic rings. The van der Waals surface area contributed by atoms with Gasteiger partial charge >= 0.3 is 0 Å². The second-order valence-electron chi connectivity index (χ2n) is 11.7. The fourth-order valence-electron chi connectivity index (χ4n) is 5.03. The van der Waals surface area contributed by atoms with E-state index >= 15 is 0 Å². The van der Waals surface area contributed by atoms with Crippen molar-refractivity contribution in [1.82, 2.24) is 25.7 Å². The van der Waals surface area contributed by atoms with Gasteiger partial charge in [-0.1, -0.05) is 96.9 Å². The number of rotatable bonds is 18. The molecule has 1 aliphatic carbocycles. The number of carbonyl (C=O) groups is 3. The van der Waals surface area contributed by atoms with E-state index in [1.54, 1.807) is 36.7 Å². The Morgan fingerprint density at radius 3 is 2.31 bits per heavy atom. The van der Waals surface area contributed by atoms with E-state index in [-0.39, 0.29) is 42.9 Å². The van der Waals surface area contributed by atoms with E-state index < -0.39 is 12.1 Å². The predicted octanol–water partition coefficient (Wildman–Crippen LogP) is 4.64. The molecule has 0 fully saturated rings. The first-order valence-corrected chi connectivity index (χ1v) is 17.4. The fraction of sp³-hybridized carbons (Fsp3) is 0.289. The van der Waals surface area contributed by atoms with E-state index in [4.69, 9.17) is 11.1 Å². The number of amides is 3. The summed E-state index contributed by atoms with van der Waals surface area (Å²) in [6, 6.07) is 19.3. The lowest BCUT2D eigenvalue weighted by Crippen LogP contribution is -2.52. The summed E-state index contributed by atoms with van der Waals surface area (Å²) in [7, 11) is 0. The lowest BCUT2D eigenvalue weighted by Gasteiger charge is -2.23. The molecule has 0 bridgehead atoms. The lowest BCUT2D eigenvalue weighted by atomic mass is 10.0. The van der Waals surface area contributed by atoms with E-state index in [0.717, 1.165) is 35.1 Å². The van der Waals surface area contributed by atoms with Gasteiger partial charge in [0, 0.05) is 43.2 Å². The van der Waals surface area contributed by atoms with Crippen LogP contribution in [0.2, 0.25) is 0 Å². The van der Waals surface area contributed by atoms with Gasteiger partial charge in [0.2, 0.25) is 17.7 Å². The highest BCUT2D eigenvalue weighted by atomic mass is 32.2. The van der Waals surface area contributed by atoms with Crippen molar-refractivity contribution in [1.29, 1.82) is 5.41 Å². The van der Waals surface area contributed by atoms with Gasteiger partial charge in [-0.3, -0.25) is 29.5 Å². The van der Waals surface area contributed by atoms with Crippen molar-refractivity contribution >= 4 is 35.5 Å². The SMILES string of the molecule is N=C(N)c1ccc(CNC(=O)C(CCC(=O)NC/C2=C/C/C=C\CC=C2)NC(=O)C(CCc2ccncc2)NSCc2ccccc2)cc1. The molecule has 2 unspecified atom stereocenters. The number of aryl methyl sites for hydroxylation is 1. The fourth-order valence-corrected chi connectivity index (χ4v) is 5.90. The minimum atomic E-state index is -0.940. The molecule has 1 aromatic heterocycles. The normalized spacial score (nSPS) is 15.4. The third kappa shape index (κ3) is 13.6. The van der Waals surface area contributed by atoms with E-state index in [0.29, 0.717) is 30.7 Å². The van der Waals surface area contributed by atoms with Crippen LogP contribution in [0.5, 0.6) is 0 Å². The Balaban J connectivity index is 1.41. The Labute approximate surface area is 292 Å². The largest absolute Gasteiger partial charge is 0.384 e. The molecule has 0 spiro atoms. The molecular formula is C38H45N7O3S. The molecule has 256 valence electrons. The first-order chi connectivity index (χ1) is 23.9. The molecule has 0 saturated heterocycles. The second kappa shape index (κ2) is 20.4. The summed E-state index contributed by atoms with van der Waals surface area (Å²) in [4.78, 5) is 44.4. The zero-order chi connectivity index (χ0) is 34.7. The van der Waals surface area contributed by atoms with Crippen LogP contribution in [-0.4, -0.2) is 47.2 Å². The van der Waals surface area contributed by atoms with Crippen molar-refractivity contribution in [2.24, 2.45) is 5.73 Å². The summed E-state index contributed by atoms with van der Waals surface area (Å²) in [5.41, 5.74) is 10.2. The van der Waals surface area contributed by atoms with Crippen molar-refractivity contribution in [3.05, 3.63) is 137 Å². The lowest BCUT2D eigenvalue weighted by molar-refractivity contribution is -0.130. The van der Waals surface area contributed by atoms with Crippen LogP contribution >= 0.6 is 11.9 Å². The van der Waals surface area contributed by atoms with Crippen LogP contribution in [0.3, 0.4) is 0 Å². The number of benzene rings is 2. The Morgan fingerprint density at radius 2 is 1.55 bits per heavy atom. The Kier molecular flexibility index (Phi) is 15.3. The molecule has 2 aromatic carbocycles. The number of carbonyl (C=O) groups excluding carboxylic acids is 3. The number of aromatic nitrogens is 1. The molecule has 3 amide bonds. The number of hydrogen-bond donors (Lipinski definition) is 6. The van der Waals surface area contributed by atoms with Gasteiger partial charge in [0.05, 0.1) is 6.04 Å². The second-order valence-corrected chi connectivity index (χ2v) is 12.5. The van der Waals surface area contributed by atoms with Gasteiger partial charge < -0.3 is 21.7 Å². The summed E-state index contributed by atoms with van der Waals surface area (Å²) >= 11 is 1.44. The predicted molar refractivity (Wildman–Crippen MR) is 196 cm³/mol. The first kappa shape index (κ1) is 36.8. The number of hydrogen-bond acceptors (Lipinski definition) is 7. The number of amidine groups is 1. The summed E-state index contributed by atoms with van der Waals surface area (Å²) in [6.07, 6.45) is 16.7. The number of nitrogens with one attached hydrogen (secondary N) is 5. The summed E-state index contributed by atoms with van der Waals surface area (Å²) in [5.74, 6) is -0.291. The van der Waals surface area contributed by atoms with Crippen molar-refractivity contribution in [3.63, 3.8) is 0 Å². The topological polar surface area (TPSA) is 162 Å². The highest BCUT2D eigenvalue weighted by Crippen LogP contribution is 2.14. The Morgan fingerprint density at radius 1 is 0.796 bits per heavy atom. The smallest absolute Gasteiger partial charge is 0.242 e. The van der Waals surface area contributed by atoms with E-state index in [2.05, 4.69) is 50.0 Å². The van der Waals surface area contributed by atoms with Gasteiger partial charge in [-0.25, -0.2) is 0 Å². The maximum atomic E-state index is 13.8. The van der Waals surface area contributed by atoms with E-state index in [1.807, 2.05) is 48.5 Å². The molecule has 2 atom stereocenters. The number of allylic oxidation sites excluding steroid dienone is 4. The van der Waals surface area contributed by atoms with Crippen LogP contribution < -0.4 is 26.4 Å². The van der Waals surface area contributed by atoms with Gasteiger partial charge in [-0.15, -0.1) is 0 Å². The molecule has 7 N–H and O–H groups in total. The molecule has 10 nitrogen and oxygen atoms in total. The van der Waals surface area contributed by atoms with Crippen LogP contribution in [-0.2, 0) is 33.1 Å². The first-order valence-electron chi connectivity index (χ1n) is 16.5. The highest BCUT2D eigenvalue weighted by molar-refractivity contribution is 7.96. The quantitative estimate of drug-likeness (QED) is 0.0494. The molecule has 0 radical (unpaired) electrons. The maximum absolute atomic E-state index is 13.8. The minimum Gasteiger partial charge on any atom is -0.384 e. The monoisotopic (exact) mass is 679 g/mol. The third-order valence-corrected chi connectivity index (χ3v) is 8.82. The zero-order valence-electron chi connectivity index (χ0n) is 27.6. The Hall–Kier alpha value is -5.00. The van der Waals surface area contributed by atoms with Crippen molar-refractivity contribution < 1.29 is 14.4 Å². The molecule has 0 saturated carbocycles. The highest BCUT2D eigenvalue weighted by Gasteiger charge is 2.26. The molecule has 49 heavy (non-hydrogen) atoms. The van der Waals surface area contributed by atoms with Gasteiger partial charge in [0.25, 0.3) is 0 Å². The van der Waals surface area contributed by atoms with E-state index in [1.165, 1.54) is 11.9 Å². The van der Waals surface area contributed by atoms with Crippen LogP contribution in [0.25, 0.3) is 0 Å². The maximum Gasteiger partial charge on any atom is 0.242 e. The van der Waals surface area contributed by atoms with Crippen LogP contribution in [0.15, 0.2) is 115 Å². The van der Waals surface area contributed by atoms with Gasteiger partial charge in [-0.2, -0.15) is 0 Å². The van der Waals surface area contributed by atoms with Crippen molar-refractivity contribution in [2.75, 3.05) is 6.54 Å². The number of nitrogen functional groups attached to an aromatic ring is 1. The summed E-state index contributed by atoms with van der Waals surface area (Å²) < 4.78 is 3.32.